The summed E-state index contributed by atoms with van der Waals surface area (Å²) < 4.78 is 2.43. The fourth-order valence-electron chi connectivity index (χ4n) is 8.55. The maximum absolute atomic E-state index is 2.43. The summed E-state index contributed by atoms with van der Waals surface area (Å²) >= 11 is 0. The summed E-state index contributed by atoms with van der Waals surface area (Å²) in [5.74, 6) is 0. The fourth-order valence-corrected chi connectivity index (χ4v) is 8.55. The van der Waals surface area contributed by atoms with E-state index in [4.69, 9.17) is 0 Å². The van der Waals surface area contributed by atoms with Crippen molar-refractivity contribution in [3.8, 4) is 5.69 Å². The zero-order valence-electron chi connectivity index (χ0n) is 31.2. The standard InChI is InChI=1S/C54H37N3/c1-3-19-44(20-4-1)55(46-26-23-38-13-7-10-16-41(38)33-46)49-29-31-53-51(36-49)52-37-50(30-32-54(52)57(53)48-28-25-40-15-9-12-18-43(40)35-48)56(45-21-5-2-6-22-45)47-27-24-39-14-8-11-17-42(39)34-47/h1-37H. The van der Waals surface area contributed by atoms with Crippen LogP contribution in [0, 0.1) is 0 Å². The molecule has 57 heavy (non-hydrogen) atoms. The van der Waals surface area contributed by atoms with E-state index in [2.05, 4.69) is 239 Å². The van der Waals surface area contributed by atoms with Gasteiger partial charge in [0.25, 0.3) is 0 Å². The second-order valence-electron chi connectivity index (χ2n) is 14.7. The second kappa shape index (κ2) is 13.6. The zero-order valence-corrected chi connectivity index (χ0v) is 31.2. The van der Waals surface area contributed by atoms with Crippen molar-refractivity contribution in [2.24, 2.45) is 0 Å². The third-order valence-electron chi connectivity index (χ3n) is 11.3. The first-order chi connectivity index (χ1) is 28.2. The van der Waals surface area contributed by atoms with Crippen LogP contribution in [-0.4, -0.2) is 4.57 Å². The van der Waals surface area contributed by atoms with Gasteiger partial charge in [-0.1, -0.05) is 127 Å². The monoisotopic (exact) mass is 727 g/mol. The molecule has 0 fully saturated rings. The van der Waals surface area contributed by atoms with E-state index in [9.17, 15) is 0 Å². The number of fused-ring (bicyclic) bond motifs is 6. The topological polar surface area (TPSA) is 11.4 Å². The first-order valence-electron chi connectivity index (χ1n) is 19.5. The van der Waals surface area contributed by atoms with E-state index in [0.29, 0.717) is 0 Å². The van der Waals surface area contributed by atoms with Gasteiger partial charge < -0.3 is 14.4 Å². The Labute approximate surface area is 331 Å². The van der Waals surface area contributed by atoms with Gasteiger partial charge in [-0.25, -0.2) is 0 Å². The molecule has 0 spiro atoms. The van der Waals surface area contributed by atoms with Crippen molar-refractivity contribution in [2.45, 2.75) is 0 Å². The molecule has 11 rings (SSSR count). The van der Waals surface area contributed by atoms with Gasteiger partial charge in [-0.3, -0.25) is 0 Å². The SMILES string of the molecule is c1ccc(N(c2ccc3ccccc3c2)c2ccc3c(c2)c2cc(N(c4ccccc4)c4ccc5ccccc5c4)ccc2n3-c2ccc3ccccc3c2)cc1. The van der Waals surface area contributed by atoms with E-state index < -0.39 is 0 Å². The largest absolute Gasteiger partial charge is 0.310 e. The van der Waals surface area contributed by atoms with Gasteiger partial charge in [-0.15, -0.1) is 0 Å². The molecule has 10 aromatic carbocycles. The number of aromatic nitrogens is 1. The summed E-state index contributed by atoms with van der Waals surface area (Å²) in [5.41, 5.74) is 10.1. The number of benzene rings is 10. The lowest BCUT2D eigenvalue weighted by molar-refractivity contribution is 1.18. The maximum Gasteiger partial charge on any atom is 0.0542 e. The highest BCUT2D eigenvalue weighted by molar-refractivity contribution is 6.12. The lowest BCUT2D eigenvalue weighted by Crippen LogP contribution is -2.10. The lowest BCUT2D eigenvalue weighted by atomic mass is 10.1. The predicted molar refractivity (Wildman–Crippen MR) is 243 cm³/mol. The molecule has 1 aromatic heterocycles. The van der Waals surface area contributed by atoms with E-state index >= 15 is 0 Å². The van der Waals surface area contributed by atoms with Crippen molar-refractivity contribution < 1.29 is 0 Å². The first kappa shape index (κ1) is 32.8. The van der Waals surface area contributed by atoms with Gasteiger partial charge in [0.1, 0.15) is 0 Å². The molecule has 1 heterocycles. The van der Waals surface area contributed by atoms with Gasteiger partial charge in [0.05, 0.1) is 11.0 Å². The average Bonchev–Trinajstić information content (AvgIpc) is 3.60. The van der Waals surface area contributed by atoms with Crippen LogP contribution in [0.4, 0.5) is 34.1 Å². The van der Waals surface area contributed by atoms with Crippen LogP contribution in [0.1, 0.15) is 0 Å². The molecule has 0 saturated heterocycles. The second-order valence-corrected chi connectivity index (χ2v) is 14.7. The third-order valence-corrected chi connectivity index (χ3v) is 11.3. The molecule has 0 radical (unpaired) electrons. The molecule has 3 nitrogen and oxygen atoms in total. The van der Waals surface area contributed by atoms with Crippen molar-refractivity contribution in [1.82, 2.24) is 4.57 Å². The highest BCUT2D eigenvalue weighted by atomic mass is 15.1. The van der Waals surface area contributed by atoms with Gasteiger partial charge in [0, 0.05) is 50.6 Å². The van der Waals surface area contributed by atoms with Crippen molar-refractivity contribution in [3.05, 3.63) is 224 Å². The van der Waals surface area contributed by atoms with E-state index in [1.54, 1.807) is 0 Å². The van der Waals surface area contributed by atoms with E-state index in [1.165, 1.54) is 43.1 Å². The van der Waals surface area contributed by atoms with E-state index in [0.717, 1.165) is 50.8 Å². The molecular formula is C54H37N3. The molecule has 0 saturated carbocycles. The summed E-state index contributed by atoms with van der Waals surface area (Å²) in [6.45, 7) is 0. The summed E-state index contributed by atoms with van der Waals surface area (Å²) in [6, 6.07) is 81.4. The molecule has 0 N–H and O–H groups in total. The Morgan fingerprint density at radius 1 is 0.246 bits per heavy atom. The number of hydrogen-bond donors (Lipinski definition) is 0. The fraction of sp³-hybridized carbons (Fsp3) is 0. The summed E-state index contributed by atoms with van der Waals surface area (Å²) in [6.07, 6.45) is 0. The molecule has 0 aliphatic heterocycles. The highest BCUT2D eigenvalue weighted by Gasteiger charge is 2.20. The Hall–Kier alpha value is -7.62. The van der Waals surface area contributed by atoms with Gasteiger partial charge in [0.2, 0.25) is 0 Å². The summed E-state index contributed by atoms with van der Waals surface area (Å²) in [4.78, 5) is 4.75. The predicted octanol–water partition coefficient (Wildman–Crippen LogP) is 15.2. The van der Waals surface area contributed by atoms with Gasteiger partial charge in [-0.2, -0.15) is 0 Å². The minimum absolute atomic E-state index is 1.10. The maximum atomic E-state index is 2.43. The number of nitrogens with zero attached hydrogens (tertiary/aromatic N) is 3. The van der Waals surface area contributed by atoms with Crippen LogP contribution < -0.4 is 9.80 Å². The minimum Gasteiger partial charge on any atom is -0.310 e. The number of hydrogen-bond acceptors (Lipinski definition) is 2. The van der Waals surface area contributed by atoms with Crippen LogP contribution in [0.25, 0.3) is 59.8 Å². The molecule has 0 unspecified atom stereocenters. The number of para-hydroxylation sites is 2. The van der Waals surface area contributed by atoms with Crippen LogP contribution in [0.5, 0.6) is 0 Å². The lowest BCUT2D eigenvalue weighted by Gasteiger charge is -2.26. The third kappa shape index (κ3) is 5.76. The Morgan fingerprint density at radius 2 is 0.596 bits per heavy atom. The first-order valence-corrected chi connectivity index (χ1v) is 19.5. The number of anilines is 6. The normalized spacial score (nSPS) is 11.5. The van der Waals surface area contributed by atoms with Crippen molar-refractivity contribution in [1.29, 1.82) is 0 Å². The van der Waals surface area contributed by atoms with E-state index in [1.807, 2.05) is 0 Å². The number of rotatable bonds is 7. The summed E-state index contributed by atoms with van der Waals surface area (Å²) in [7, 11) is 0. The van der Waals surface area contributed by atoms with Crippen molar-refractivity contribution in [2.75, 3.05) is 9.80 Å². The zero-order chi connectivity index (χ0) is 37.7. The molecule has 11 aromatic rings. The van der Waals surface area contributed by atoms with Crippen LogP contribution >= 0.6 is 0 Å². The van der Waals surface area contributed by atoms with Gasteiger partial charge in [0.15, 0.2) is 0 Å². The minimum atomic E-state index is 1.10. The van der Waals surface area contributed by atoms with Crippen molar-refractivity contribution >= 4 is 88.2 Å². The average molecular weight is 728 g/mol. The smallest absolute Gasteiger partial charge is 0.0542 e. The van der Waals surface area contributed by atoms with Crippen molar-refractivity contribution in [3.63, 3.8) is 0 Å². The molecule has 3 heteroatoms. The molecule has 0 aliphatic carbocycles. The van der Waals surface area contributed by atoms with Crippen LogP contribution in [0.15, 0.2) is 224 Å². The molecule has 0 bridgehead atoms. The molecular weight excluding hydrogens is 691 g/mol. The van der Waals surface area contributed by atoms with Crippen LogP contribution in [0.3, 0.4) is 0 Å². The Bertz CT molecular complexity index is 3080. The Kier molecular flexibility index (Phi) is 7.82. The van der Waals surface area contributed by atoms with E-state index in [-0.39, 0.29) is 0 Å². The highest BCUT2D eigenvalue weighted by Crippen LogP contribution is 2.43. The molecule has 0 amide bonds. The quantitative estimate of drug-likeness (QED) is 0.162. The Balaban J connectivity index is 1.17. The van der Waals surface area contributed by atoms with Gasteiger partial charge >= 0.3 is 0 Å². The van der Waals surface area contributed by atoms with Crippen LogP contribution in [-0.2, 0) is 0 Å². The van der Waals surface area contributed by atoms with Crippen LogP contribution in [0.2, 0.25) is 0 Å². The molecule has 0 atom stereocenters. The van der Waals surface area contributed by atoms with Gasteiger partial charge in [-0.05, 0) is 129 Å². The Morgan fingerprint density at radius 3 is 1.05 bits per heavy atom. The molecule has 0 aliphatic rings. The molecule has 268 valence electrons. The summed E-state index contributed by atoms with van der Waals surface area (Å²) in [5, 5.41) is 9.70.